The van der Waals surface area contributed by atoms with Crippen molar-refractivity contribution in [1.82, 2.24) is 5.43 Å². The molecule has 1 fully saturated rings. The van der Waals surface area contributed by atoms with Gasteiger partial charge in [0, 0.05) is 5.25 Å². The number of nitrogens with one attached hydrogen (secondary N) is 1. The van der Waals surface area contributed by atoms with Crippen molar-refractivity contribution in [2.45, 2.75) is 37.9 Å². The quantitative estimate of drug-likeness (QED) is 0.704. The number of nitrogens with zero attached hydrogens (tertiary/aromatic N) is 1. The molecule has 0 aromatic heterocycles. The van der Waals surface area contributed by atoms with Crippen LogP contribution in [0.25, 0.3) is 0 Å². The first kappa shape index (κ1) is 11.4. The number of nitrogens with two attached hydrogens (primary N) is 1. The van der Waals surface area contributed by atoms with Gasteiger partial charge in [-0.05, 0) is 25.0 Å². The van der Waals surface area contributed by atoms with E-state index in [0.29, 0.717) is 5.25 Å². The summed E-state index contributed by atoms with van der Waals surface area (Å²) in [6.45, 7) is 2.14. The fourth-order valence-corrected chi connectivity index (χ4v) is 2.70. The van der Waals surface area contributed by atoms with Gasteiger partial charge in [-0.25, -0.2) is 10.2 Å². The molecule has 0 aliphatic heterocycles. The average Bonchev–Trinajstić information content (AvgIpc) is 2.17. The molecule has 2 amide bonds. The van der Waals surface area contributed by atoms with Crippen LogP contribution in [-0.2, 0) is 0 Å². The largest absolute Gasteiger partial charge is 0.350 e. The van der Waals surface area contributed by atoms with Gasteiger partial charge < -0.3 is 5.73 Å². The van der Waals surface area contributed by atoms with Crippen LogP contribution in [0.3, 0.4) is 0 Å². The molecule has 14 heavy (non-hydrogen) atoms. The van der Waals surface area contributed by atoms with E-state index in [1.165, 1.54) is 12.8 Å². The van der Waals surface area contributed by atoms with Gasteiger partial charge in [-0.3, -0.25) is 0 Å². The van der Waals surface area contributed by atoms with Crippen LogP contribution in [0, 0.1) is 0 Å². The van der Waals surface area contributed by atoms with E-state index in [0.717, 1.165) is 24.3 Å². The lowest BCUT2D eigenvalue weighted by Crippen LogP contribution is -2.30. The van der Waals surface area contributed by atoms with Gasteiger partial charge in [0.25, 0.3) is 0 Å². The summed E-state index contributed by atoms with van der Waals surface area (Å²) in [5.41, 5.74) is 8.37. The third kappa shape index (κ3) is 3.57. The molecule has 1 unspecified atom stereocenters. The summed E-state index contributed by atoms with van der Waals surface area (Å²) in [6.07, 6.45) is 4.57. The molecule has 0 heterocycles. The van der Waals surface area contributed by atoms with Crippen molar-refractivity contribution in [3.05, 3.63) is 0 Å². The summed E-state index contributed by atoms with van der Waals surface area (Å²) in [5, 5.41) is 4.53. The lowest BCUT2D eigenvalue weighted by atomic mass is 9.98. The third-order valence-electron chi connectivity index (χ3n) is 2.20. The van der Waals surface area contributed by atoms with Crippen LogP contribution in [-0.4, -0.2) is 22.7 Å². The van der Waals surface area contributed by atoms with Crippen LogP contribution in [0.15, 0.2) is 5.10 Å². The molecule has 3 N–H and O–H groups in total. The molecule has 1 aliphatic carbocycles. The number of primary amides is 1. The number of hydrazone groups is 1. The summed E-state index contributed by atoms with van der Waals surface area (Å²) in [6, 6.07) is -0.580. The number of carbonyl (C=O) groups excluding carboxylic acids is 1. The molecule has 1 atom stereocenters. The molecule has 80 valence electrons. The highest BCUT2D eigenvalue weighted by Crippen LogP contribution is 2.26. The molecule has 0 radical (unpaired) electrons. The third-order valence-corrected chi connectivity index (χ3v) is 3.44. The van der Waals surface area contributed by atoms with Gasteiger partial charge in [-0.1, -0.05) is 13.3 Å². The Morgan fingerprint density at radius 3 is 3.14 bits per heavy atom. The van der Waals surface area contributed by atoms with Crippen LogP contribution in [0.1, 0.15) is 32.6 Å². The molecule has 0 spiro atoms. The van der Waals surface area contributed by atoms with Gasteiger partial charge in [-0.15, -0.1) is 0 Å². The van der Waals surface area contributed by atoms with E-state index in [4.69, 9.17) is 5.73 Å². The van der Waals surface area contributed by atoms with Crippen molar-refractivity contribution in [2.75, 3.05) is 5.75 Å². The first-order valence-corrected chi connectivity index (χ1v) is 6.02. The van der Waals surface area contributed by atoms with Crippen molar-refractivity contribution in [3.8, 4) is 0 Å². The number of hydrogen-bond donors (Lipinski definition) is 2. The van der Waals surface area contributed by atoms with Gasteiger partial charge in [0.05, 0.1) is 5.71 Å². The van der Waals surface area contributed by atoms with Crippen molar-refractivity contribution >= 4 is 23.5 Å². The fraction of sp³-hybridized carbons (Fsp3) is 0.778. The maximum Gasteiger partial charge on any atom is 0.332 e. The van der Waals surface area contributed by atoms with Gasteiger partial charge in [0.2, 0.25) is 0 Å². The SMILES string of the molecule is CCSC1CCCC/C1=N\NC(N)=O. The van der Waals surface area contributed by atoms with Gasteiger partial charge in [0.1, 0.15) is 0 Å². The number of amides is 2. The maximum atomic E-state index is 10.5. The smallest absolute Gasteiger partial charge is 0.332 e. The van der Waals surface area contributed by atoms with E-state index in [1.807, 2.05) is 11.8 Å². The second kappa shape index (κ2) is 5.90. The summed E-state index contributed by atoms with van der Waals surface area (Å²) in [5.74, 6) is 1.08. The van der Waals surface area contributed by atoms with Gasteiger partial charge in [0.15, 0.2) is 0 Å². The molecule has 1 saturated carbocycles. The zero-order valence-corrected chi connectivity index (χ0v) is 9.27. The van der Waals surface area contributed by atoms with E-state index in [2.05, 4.69) is 17.5 Å². The van der Waals surface area contributed by atoms with Crippen LogP contribution in [0.2, 0.25) is 0 Å². The normalized spacial score (nSPS) is 24.9. The predicted octanol–water partition coefficient (Wildman–Crippen LogP) is 1.71. The first-order valence-electron chi connectivity index (χ1n) is 4.97. The van der Waals surface area contributed by atoms with Crippen LogP contribution < -0.4 is 11.2 Å². The molecule has 0 bridgehead atoms. The van der Waals surface area contributed by atoms with E-state index in [9.17, 15) is 4.79 Å². The van der Waals surface area contributed by atoms with Gasteiger partial charge in [-0.2, -0.15) is 16.9 Å². The molecular formula is C9H17N3OS. The van der Waals surface area contributed by atoms with Crippen LogP contribution in [0.5, 0.6) is 0 Å². The Hall–Kier alpha value is -0.710. The second-order valence-corrected chi connectivity index (χ2v) is 4.75. The summed E-state index contributed by atoms with van der Waals surface area (Å²) in [4.78, 5) is 10.5. The molecule has 1 rings (SSSR count). The summed E-state index contributed by atoms with van der Waals surface area (Å²) < 4.78 is 0. The Morgan fingerprint density at radius 2 is 2.50 bits per heavy atom. The number of urea groups is 1. The Kier molecular flexibility index (Phi) is 4.79. The standard InChI is InChI=1S/C9H17N3OS/c1-2-14-8-6-4-3-5-7(8)11-12-9(10)13/h8H,2-6H2,1H3,(H3,10,12,13)/b11-7+. The summed E-state index contributed by atoms with van der Waals surface area (Å²) in [7, 11) is 0. The summed E-state index contributed by atoms with van der Waals surface area (Å²) >= 11 is 1.89. The van der Waals surface area contributed by atoms with Crippen LogP contribution >= 0.6 is 11.8 Å². The number of rotatable bonds is 3. The van der Waals surface area contributed by atoms with Crippen molar-refractivity contribution < 1.29 is 4.79 Å². The van der Waals surface area contributed by atoms with Crippen molar-refractivity contribution in [1.29, 1.82) is 0 Å². The van der Waals surface area contributed by atoms with Crippen molar-refractivity contribution in [2.24, 2.45) is 10.8 Å². The highest BCUT2D eigenvalue weighted by molar-refractivity contribution is 8.00. The molecular weight excluding hydrogens is 198 g/mol. The maximum absolute atomic E-state index is 10.5. The van der Waals surface area contributed by atoms with E-state index >= 15 is 0 Å². The number of hydrogen-bond acceptors (Lipinski definition) is 3. The van der Waals surface area contributed by atoms with E-state index in [-0.39, 0.29) is 0 Å². The minimum absolute atomic E-state index is 0.473. The predicted molar refractivity (Wildman–Crippen MR) is 60.5 cm³/mol. The van der Waals surface area contributed by atoms with Crippen LogP contribution in [0.4, 0.5) is 4.79 Å². The lowest BCUT2D eigenvalue weighted by molar-refractivity contribution is 0.249. The molecule has 4 nitrogen and oxygen atoms in total. The zero-order valence-electron chi connectivity index (χ0n) is 8.45. The minimum atomic E-state index is -0.580. The highest BCUT2D eigenvalue weighted by atomic mass is 32.2. The number of thioether (sulfide) groups is 1. The molecule has 0 aromatic rings. The van der Waals surface area contributed by atoms with E-state index < -0.39 is 6.03 Å². The van der Waals surface area contributed by atoms with E-state index in [1.54, 1.807) is 0 Å². The lowest BCUT2D eigenvalue weighted by Gasteiger charge is -2.22. The average molecular weight is 215 g/mol. The Labute approximate surface area is 88.7 Å². The Bertz CT molecular complexity index is 228. The molecule has 5 heteroatoms. The topological polar surface area (TPSA) is 67.5 Å². The Morgan fingerprint density at radius 1 is 1.71 bits per heavy atom. The monoisotopic (exact) mass is 215 g/mol. The first-order chi connectivity index (χ1) is 6.74. The molecule has 0 aromatic carbocycles. The van der Waals surface area contributed by atoms with Gasteiger partial charge >= 0.3 is 6.03 Å². The zero-order chi connectivity index (χ0) is 10.4. The van der Waals surface area contributed by atoms with Crippen molar-refractivity contribution in [3.63, 3.8) is 0 Å². The second-order valence-electron chi connectivity index (χ2n) is 3.27. The highest BCUT2D eigenvalue weighted by Gasteiger charge is 2.20. The molecule has 0 saturated heterocycles. The molecule has 1 aliphatic rings. The minimum Gasteiger partial charge on any atom is -0.350 e. The Balaban J connectivity index is 2.52. The fourth-order valence-electron chi connectivity index (χ4n) is 1.60. The number of carbonyl (C=O) groups is 1.